The number of hydrogen-bond donors (Lipinski definition) is 1. The Kier molecular flexibility index (Phi) is 7.03. The number of aliphatic hydroxyl groups excluding tert-OH is 1. The molecule has 0 aliphatic heterocycles. The zero-order valence-electron chi connectivity index (χ0n) is 12.1. The molecule has 1 unspecified atom stereocenters. The highest BCUT2D eigenvalue weighted by molar-refractivity contribution is 7.89. The summed E-state index contributed by atoms with van der Waals surface area (Å²) in [4.78, 5) is 1.42. The van der Waals surface area contributed by atoms with Crippen molar-refractivity contribution in [2.24, 2.45) is 0 Å². The van der Waals surface area contributed by atoms with Crippen LogP contribution in [-0.2, 0) is 10.8 Å². The van der Waals surface area contributed by atoms with Crippen molar-refractivity contribution in [3.05, 3.63) is 40.8 Å². The standard InChI is InChI=1S/C16H24O2S/c1-4-6-7-8-16(15(17)5-2)19(18)14-11-9-13(3)10-12-14/h8-12,15,17H,4-7H2,1-3H3/b16-8+/t15-,19?/m1/s1. The monoisotopic (exact) mass is 280 g/mol. The Morgan fingerprint density at radius 3 is 2.47 bits per heavy atom. The van der Waals surface area contributed by atoms with Crippen LogP contribution in [0.3, 0.4) is 0 Å². The zero-order valence-corrected chi connectivity index (χ0v) is 12.9. The molecule has 1 rings (SSSR count). The minimum Gasteiger partial charge on any atom is -0.388 e. The molecule has 3 heteroatoms. The highest BCUT2D eigenvalue weighted by atomic mass is 32.2. The van der Waals surface area contributed by atoms with E-state index in [0.29, 0.717) is 11.3 Å². The summed E-state index contributed by atoms with van der Waals surface area (Å²) in [5.41, 5.74) is 1.15. The Morgan fingerprint density at radius 1 is 1.32 bits per heavy atom. The number of aliphatic hydroxyl groups is 1. The quantitative estimate of drug-likeness (QED) is 0.768. The van der Waals surface area contributed by atoms with Crippen molar-refractivity contribution in [2.75, 3.05) is 0 Å². The predicted molar refractivity (Wildman–Crippen MR) is 81.5 cm³/mol. The van der Waals surface area contributed by atoms with Gasteiger partial charge >= 0.3 is 0 Å². The van der Waals surface area contributed by atoms with Crippen molar-refractivity contribution < 1.29 is 9.32 Å². The maximum absolute atomic E-state index is 12.5. The van der Waals surface area contributed by atoms with Gasteiger partial charge in [-0.3, -0.25) is 0 Å². The first-order chi connectivity index (χ1) is 9.10. The number of hydrogen-bond acceptors (Lipinski definition) is 2. The molecule has 0 aliphatic carbocycles. The van der Waals surface area contributed by atoms with Gasteiger partial charge in [0.05, 0.1) is 16.9 Å². The maximum atomic E-state index is 12.5. The Balaban J connectivity index is 2.93. The van der Waals surface area contributed by atoms with Crippen LogP contribution in [0.2, 0.25) is 0 Å². The molecule has 2 atom stereocenters. The minimum atomic E-state index is -1.25. The van der Waals surface area contributed by atoms with Gasteiger partial charge in [0.2, 0.25) is 0 Å². The first-order valence-corrected chi connectivity index (χ1v) is 8.11. The fraction of sp³-hybridized carbons (Fsp3) is 0.500. The topological polar surface area (TPSA) is 37.3 Å². The molecule has 0 saturated heterocycles. The first-order valence-electron chi connectivity index (χ1n) is 6.96. The van der Waals surface area contributed by atoms with E-state index >= 15 is 0 Å². The van der Waals surface area contributed by atoms with Crippen molar-refractivity contribution in [3.8, 4) is 0 Å². The molecular formula is C16H24O2S. The fourth-order valence-corrected chi connectivity index (χ4v) is 3.12. The lowest BCUT2D eigenvalue weighted by Crippen LogP contribution is -2.13. The van der Waals surface area contributed by atoms with Crippen LogP contribution < -0.4 is 0 Å². The third kappa shape index (κ3) is 4.92. The van der Waals surface area contributed by atoms with E-state index in [1.807, 2.05) is 44.2 Å². The number of allylic oxidation sites excluding steroid dienone is 1. The molecule has 0 radical (unpaired) electrons. The molecule has 0 amide bonds. The Morgan fingerprint density at radius 2 is 1.95 bits per heavy atom. The molecule has 0 bridgehead atoms. The second kappa shape index (κ2) is 8.28. The Labute approximate surface area is 119 Å². The van der Waals surface area contributed by atoms with E-state index in [4.69, 9.17) is 0 Å². The summed E-state index contributed by atoms with van der Waals surface area (Å²) in [7, 11) is -1.25. The van der Waals surface area contributed by atoms with E-state index in [-0.39, 0.29) is 0 Å². The van der Waals surface area contributed by atoms with Crippen molar-refractivity contribution in [1.29, 1.82) is 0 Å². The molecule has 0 aromatic heterocycles. The second-order valence-electron chi connectivity index (χ2n) is 4.75. The molecule has 0 fully saturated rings. The maximum Gasteiger partial charge on any atom is 0.0871 e. The van der Waals surface area contributed by atoms with Gasteiger partial charge < -0.3 is 5.11 Å². The van der Waals surface area contributed by atoms with Gasteiger partial charge in [0, 0.05) is 9.80 Å². The molecule has 1 aromatic rings. The Bertz CT molecular complexity index is 435. The normalized spacial score (nSPS) is 15.3. The molecular weight excluding hydrogens is 256 g/mol. The second-order valence-corrected chi connectivity index (χ2v) is 6.23. The third-order valence-electron chi connectivity index (χ3n) is 3.07. The number of rotatable bonds is 7. The van der Waals surface area contributed by atoms with E-state index in [0.717, 1.165) is 29.7 Å². The molecule has 1 aromatic carbocycles. The van der Waals surface area contributed by atoms with Crippen LogP contribution >= 0.6 is 0 Å². The first kappa shape index (κ1) is 16.1. The van der Waals surface area contributed by atoms with Gasteiger partial charge in [-0.25, -0.2) is 4.21 Å². The van der Waals surface area contributed by atoms with Crippen LogP contribution in [0.4, 0.5) is 0 Å². The van der Waals surface area contributed by atoms with Crippen molar-refractivity contribution in [3.63, 3.8) is 0 Å². The lowest BCUT2D eigenvalue weighted by Gasteiger charge is -2.13. The van der Waals surface area contributed by atoms with Gasteiger partial charge in [-0.05, 0) is 31.9 Å². The molecule has 19 heavy (non-hydrogen) atoms. The molecule has 0 saturated carbocycles. The van der Waals surface area contributed by atoms with Gasteiger partial charge in [0.25, 0.3) is 0 Å². The summed E-state index contributed by atoms with van der Waals surface area (Å²) in [6.45, 7) is 6.04. The molecule has 2 nitrogen and oxygen atoms in total. The fourth-order valence-electron chi connectivity index (χ4n) is 1.78. The highest BCUT2D eigenvalue weighted by Crippen LogP contribution is 2.21. The SMILES string of the molecule is CCCC/C=C(\[C@H](O)CC)S(=O)c1ccc(C)cc1. The number of benzene rings is 1. The van der Waals surface area contributed by atoms with Gasteiger partial charge in [-0.1, -0.05) is 50.5 Å². The summed E-state index contributed by atoms with van der Waals surface area (Å²) in [6, 6.07) is 7.66. The molecule has 0 aliphatic rings. The Hall–Kier alpha value is -0.930. The summed E-state index contributed by atoms with van der Waals surface area (Å²) >= 11 is 0. The molecule has 0 spiro atoms. The smallest absolute Gasteiger partial charge is 0.0871 e. The highest BCUT2D eigenvalue weighted by Gasteiger charge is 2.17. The average Bonchev–Trinajstić information content (AvgIpc) is 2.43. The molecule has 1 N–H and O–H groups in total. The lowest BCUT2D eigenvalue weighted by molar-refractivity contribution is 0.214. The van der Waals surface area contributed by atoms with E-state index in [2.05, 4.69) is 6.92 Å². The van der Waals surface area contributed by atoms with E-state index in [1.165, 1.54) is 0 Å². The summed E-state index contributed by atoms with van der Waals surface area (Å²) in [6.07, 6.45) is 4.97. The van der Waals surface area contributed by atoms with Crippen LogP contribution in [0.1, 0.15) is 45.1 Å². The number of aryl methyl sites for hydroxylation is 1. The van der Waals surface area contributed by atoms with Crippen molar-refractivity contribution in [2.45, 2.75) is 57.5 Å². The summed E-state index contributed by atoms with van der Waals surface area (Å²) < 4.78 is 12.5. The summed E-state index contributed by atoms with van der Waals surface area (Å²) in [5, 5.41) is 10.0. The minimum absolute atomic E-state index is 0.593. The van der Waals surface area contributed by atoms with Crippen LogP contribution in [-0.4, -0.2) is 15.4 Å². The molecule has 106 valence electrons. The van der Waals surface area contributed by atoms with Crippen LogP contribution in [0.5, 0.6) is 0 Å². The van der Waals surface area contributed by atoms with E-state index in [1.54, 1.807) is 0 Å². The van der Waals surface area contributed by atoms with Gasteiger partial charge in [-0.15, -0.1) is 0 Å². The zero-order chi connectivity index (χ0) is 14.3. The largest absolute Gasteiger partial charge is 0.388 e. The third-order valence-corrected chi connectivity index (χ3v) is 4.63. The van der Waals surface area contributed by atoms with E-state index < -0.39 is 16.9 Å². The number of unbranched alkanes of at least 4 members (excludes halogenated alkanes) is 2. The molecule has 0 heterocycles. The van der Waals surface area contributed by atoms with Crippen LogP contribution in [0, 0.1) is 6.92 Å². The van der Waals surface area contributed by atoms with Crippen molar-refractivity contribution >= 4 is 10.8 Å². The van der Waals surface area contributed by atoms with Gasteiger partial charge in [0.1, 0.15) is 0 Å². The van der Waals surface area contributed by atoms with Crippen LogP contribution in [0.25, 0.3) is 0 Å². The van der Waals surface area contributed by atoms with Crippen LogP contribution in [0.15, 0.2) is 40.1 Å². The summed E-state index contributed by atoms with van der Waals surface area (Å²) in [5.74, 6) is 0. The van der Waals surface area contributed by atoms with Gasteiger partial charge in [-0.2, -0.15) is 0 Å². The predicted octanol–water partition coefficient (Wildman–Crippen LogP) is 3.95. The van der Waals surface area contributed by atoms with Gasteiger partial charge in [0.15, 0.2) is 0 Å². The lowest BCUT2D eigenvalue weighted by atomic mass is 10.2. The average molecular weight is 280 g/mol. The van der Waals surface area contributed by atoms with Crippen molar-refractivity contribution in [1.82, 2.24) is 0 Å². The van der Waals surface area contributed by atoms with E-state index in [9.17, 15) is 9.32 Å².